The summed E-state index contributed by atoms with van der Waals surface area (Å²) in [4.78, 5) is 4.90. The number of aromatic nitrogens is 5. The number of sulfone groups is 1. The van der Waals surface area contributed by atoms with Gasteiger partial charge in [0.25, 0.3) is 0 Å². The van der Waals surface area contributed by atoms with Crippen molar-refractivity contribution in [2.75, 3.05) is 24.8 Å². The fourth-order valence-corrected chi connectivity index (χ4v) is 4.33. The van der Waals surface area contributed by atoms with E-state index < -0.39 is 9.84 Å². The Bertz CT molecular complexity index is 1300. The standard InChI is InChI=1S/C19H20N6O3S/c1-29(26,27)14-2-3-15-16-10-20-24-18(16)19(23-17(15)8-14)22-12-9-21-25(11-12)13-4-6-28-7-5-13/h2-3,8-11,13H,4-7H2,1H3,(H,20,24)(H,22,23). The number of hydrogen-bond acceptors (Lipinski definition) is 7. The van der Waals surface area contributed by atoms with Crippen molar-refractivity contribution in [1.29, 1.82) is 0 Å². The van der Waals surface area contributed by atoms with Gasteiger partial charge in [-0.2, -0.15) is 10.2 Å². The van der Waals surface area contributed by atoms with Crippen molar-refractivity contribution in [3.63, 3.8) is 0 Å². The van der Waals surface area contributed by atoms with Crippen molar-refractivity contribution >= 4 is 43.1 Å². The Morgan fingerprint density at radius 3 is 2.83 bits per heavy atom. The summed E-state index contributed by atoms with van der Waals surface area (Å²) >= 11 is 0. The minimum atomic E-state index is -3.32. The number of nitrogens with zero attached hydrogens (tertiary/aromatic N) is 4. The molecule has 0 spiro atoms. The van der Waals surface area contributed by atoms with Crippen molar-refractivity contribution < 1.29 is 13.2 Å². The third-order valence-electron chi connectivity index (χ3n) is 5.23. The van der Waals surface area contributed by atoms with E-state index in [0.29, 0.717) is 17.4 Å². The van der Waals surface area contributed by atoms with E-state index in [-0.39, 0.29) is 4.90 Å². The highest BCUT2D eigenvalue weighted by atomic mass is 32.2. The van der Waals surface area contributed by atoms with Gasteiger partial charge in [-0.1, -0.05) is 6.07 Å². The van der Waals surface area contributed by atoms with Crippen LogP contribution in [-0.2, 0) is 14.6 Å². The summed E-state index contributed by atoms with van der Waals surface area (Å²) in [5.74, 6) is 0.571. The Balaban J connectivity index is 1.55. The molecule has 1 aromatic carbocycles. The molecule has 0 saturated carbocycles. The number of benzene rings is 1. The molecular weight excluding hydrogens is 392 g/mol. The van der Waals surface area contributed by atoms with Gasteiger partial charge in [0.2, 0.25) is 0 Å². The minimum absolute atomic E-state index is 0.235. The average Bonchev–Trinajstić information content (AvgIpc) is 3.37. The zero-order valence-electron chi connectivity index (χ0n) is 15.8. The summed E-state index contributed by atoms with van der Waals surface area (Å²) in [6.45, 7) is 1.49. The maximum atomic E-state index is 11.9. The van der Waals surface area contributed by atoms with Gasteiger partial charge in [0.05, 0.1) is 34.5 Å². The Kier molecular flexibility index (Phi) is 4.25. The molecular formula is C19H20N6O3S. The van der Waals surface area contributed by atoms with E-state index in [2.05, 4.69) is 25.6 Å². The van der Waals surface area contributed by atoms with Crippen LogP contribution < -0.4 is 5.32 Å². The lowest BCUT2D eigenvalue weighted by molar-refractivity contribution is 0.0662. The lowest BCUT2D eigenvalue weighted by Crippen LogP contribution is -2.19. The number of anilines is 2. The third kappa shape index (κ3) is 3.34. The smallest absolute Gasteiger partial charge is 0.175 e. The van der Waals surface area contributed by atoms with Gasteiger partial charge in [-0.25, -0.2) is 13.4 Å². The van der Waals surface area contributed by atoms with Crippen molar-refractivity contribution in [3.05, 3.63) is 36.8 Å². The molecule has 0 radical (unpaired) electrons. The number of rotatable bonds is 4. The first-order chi connectivity index (χ1) is 14.0. The van der Waals surface area contributed by atoms with E-state index in [1.54, 1.807) is 30.6 Å². The highest BCUT2D eigenvalue weighted by Crippen LogP contribution is 2.31. The molecule has 0 aliphatic carbocycles. The fourth-order valence-electron chi connectivity index (χ4n) is 3.69. The normalized spacial score (nSPS) is 15.9. The van der Waals surface area contributed by atoms with Crippen LogP contribution in [0.3, 0.4) is 0 Å². The summed E-state index contributed by atoms with van der Waals surface area (Å²) < 4.78 is 31.2. The molecule has 5 rings (SSSR count). The summed E-state index contributed by atoms with van der Waals surface area (Å²) in [7, 11) is -3.32. The lowest BCUT2D eigenvalue weighted by atomic mass is 10.1. The Morgan fingerprint density at radius 2 is 2.03 bits per heavy atom. The van der Waals surface area contributed by atoms with Crippen LogP contribution in [0.5, 0.6) is 0 Å². The van der Waals surface area contributed by atoms with Gasteiger partial charge in [0.1, 0.15) is 5.52 Å². The number of nitrogens with one attached hydrogen (secondary N) is 2. The van der Waals surface area contributed by atoms with Crippen LogP contribution in [0.2, 0.25) is 0 Å². The second-order valence-corrected chi connectivity index (χ2v) is 9.26. The van der Waals surface area contributed by atoms with Gasteiger partial charge in [-0.3, -0.25) is 9.78 Å². The molecule has 1 saturated heterocycles. The zero-order chi connectivity index (χ0) is 20.0. The van der Waals surface area contributed by atoms with Crippen LogP contribution >= 0.6 is 0 Å². The second kappa shape index (κ2) is 6.82. The van der Waals surface area contributed by atoms with Crippen LogP contribution in [0, 0.1) is 0 Å². The second-order valence-electron chi connectivity index (χ2n) is 7.25. The first-order valence-corrected chi connectivity index (χ1v) is 11.2. The van der Waals surface area contributed by atoms with E-state index in [1.807, 2.05) is 10.9 Å². The van der Waals surface area contributed by atoms with E-state index >= 15 is 0 Å². The molecule has 4 heterocycles. The predicted molar refractivity (Wildman–Crippen MR) is 109 cm³/mol. The summed E-state index contributed by atoms with van der Waals surface area (Å²) in [6, 6.07) is 5.28. The number of H-pyrrole nitrogens is 1. The molecule has 4 aromatic rings. The van der Waals surface area contributed by atoms with Crippen molar-refractivity contribution in [2.45, 2.75) is 23.8 Å². The van der Waals surface area contributed by atoms with Gasteiger partial charge in [0, 0.05) is 36.4 Å². The highest BCUT2D eigenvalue weighted by Gasteiger charge is 2.18. The minimum Gasteiger partial charge on any atom is -0.381 e. The van der Waals surface area contributed by atoms with Gasteiger partial charge in [-0.15, -0.1) is 0 Å². The number of hydrogen-bond donors (Lipinski definition) is 2. The Morgan fingerprint density at radius 1 is 1.21 bits per heavy atom. The predicted octanol–water partition coefficient (Wildman–Crippen LogP) is 2.81. The molecule has 1 aliphatic heterocycles. The largest absolute Gasteiger partial charge is 0.381 e. The van der Waals surface area contributed by atoms with Crippen molar-refractivity contribution in [3.8, 4) is 0 Å². The maximum Gasteiger partial charge on any atom is 0.175 e. The Hall–Kier alpha value is -2.98. The molecule has 1 fully saturated rings. The summed E-state index contributed by atoms with van der Waals surface area (Å²) in [5, 5.41) is 16.6. The molecule has 0 unspecified atom stereocenters. The summed E-state index contributed by atoms with van der Waals surface area (Å²) in [5.41, 5.74) is 2.14. The average molecular weight is 412 g/mol. The van der Waals surface area contributed by atoms with E-state index in [9.17, 15) is 8.42 Å². The zero-order valence-corrected chi connectivity index (χ0v) is 16.6. The molecule has 150 valence electrons. The number of aromatic amines is 1. The van der Waals surface area contributed by atoms with Crippen LogP contribution in [0.1, 0.15) is 18.9 Å². The first kappa shape index (κ1) is 18.1. The highest BCUT2D eigenvalue weighted by molar-refractivity contribution is 7.90. The van der Waals surface area contributed by atoms with Gasteiger partial charge >= 0.3 is 0 Å². The lowest BCUT2D eigenvalue weighted by Gasteiger charge is -2.22. The number of ether oxygens (including phenoxy) is 1. The topological polar surface area (TPSA) is 115 Å². The molecule has 29 heavy (non-hydrogen) atoms. The van der Waals surface area contributed by atoms with Gasteiger partial charge in [-0.05, 0) is 25.0 Å². The Labute approximate surface area is 167 Å². The molecule has 2 N–H and O–H groups in total. The van der Waals surface area contributed by atoms with Crippen LogP contribution in [0.4, 0.5) is 11.5 Å². The van der Waals surface area contributed by atoms with E-state index in [4.69, 9.17) is 4.74 Å². The van der Waals surface area contributed by atoms with E-state index in [1.165, 1.54) is 6.26 Å². The number of fused-ring (bicyclic) bond motifs is 3. The fraction of sp³-hybridized carbons (Fsp3) is 0.316. The SMILES string of the molecule is CS(=O)(=O)c1ccc2c(c1)nc(Nc1cnn(C3CCOCC3)c1)c1[nH]ncc12. The number of pyridine rings is 1. The van der Waals surface area contributed by atoms with Crippen molar-refractivity contribution in [2.24, 2.45) is 0 Å². The molecule has 0 atom stereocenters. The van der Waals surface area contributed by atoms with Gasteiger partial charge < -0.3 is 10.1 Å². The molecule has 3 aromatic heterocycles. The van der Waals surface area contributed by atoms with Crippen LogP contribution in [0.25, 0.3) is 21.8 Å². The molecule has 9 nitrogen and oxygen atoms in total. The van der Waals surface area contributed by atoms with Crippen molar-refractivity contribution in [1.82, 2.24) is 25.0 Å². The van der Waals surface area contributed by atoms with Crippen LogP contribution in [-0.4, -0.2) is 52.8 Å². The third-order valence-corrected chi connectivity index (χ3v) is 6.34. The van der Waals surface area contributed by atoms with E-state index in [0.717, 1.165) is 48.0 Å². The van der Waals surface area contributed by atoms with Gasteiger partial charge in [0.15, 0.2) is 15.7 Å². The maximum absolute atomic E-state index is 11.9. The quantitative estimate of drug-likeness (QED) is 0.530. The molecule has 10 heteroatoms. The van der Waals surface area contributed by atoms with Crippen LogP contribution in [0.15, 0.2) is 41.7 Å². The monoisotopic (exact) mass is 412 g/mol. The molecule has 0 amide bonds. The molecule has 0 bridgehead atoms. The first-order valence-electron chi connectivity index (χ1n) is 9.35. The summed E-state index contributed by atoms with van der Waals surface area (Å²) in [6.07, 6.45) is 8.50. The molecule has 1 aliphatic rings.